The van der Waals surface area contributed by atoms with Crippen LogP contribution in [0.3, 0.4) is 0 Å². The van der Waals surface area contributed by atoms with Crippen molar-refractivity contribution in [3.63, 3.8) is 0 Å². The number of nitrogens with one attached hydrogen (secondary N) is 2. The van der Waals surface area contributed by atoms with Crippen molar-refractivity contribution >= 4 is 12.1 Å². The average molecular weight is 403 g/mol. The fourth-order valence-electron chi connectivity index (χ4n) is 4.14. The molecule has 0 radical (unpaired) electrons. The van der Waals surface area contributed by atoms with Crippen LogP contribution in [-0.2, 0) is 11.3 Å². The minimum absolute atomic E-state index is 0.0864. The van der Waals surface area contributed by atoms with Crippen molar-refractivity contribution in [3.05, 3.63) is 35.4 Å². The molecule has 2 saturated heterocycles. The van der Waals surface area contributed by atoms with Crippen LogP contribution in [-0.4, -0.2) is 66.8 Å². The largest absolute Gasteiger partial charge is 0.450 e. The first-order valence-electron chi connectivity index (χ1n) is 10.8. The molecule has 2 aliphatic heterocycles. The minimum Gasteiger partial charge on any atom is -0.450 e. The maximum Gasteiger partial charge on any atom is 0.409 e. The fourth-order valence-corrected chi connectivity index (χ4v) is 4.14. The Morgan fingerprint density at radius 1 is 1.03 bits per heavy atom. The van der Waals surface area contributed by atoms with Gasteiger partial charge < -0.3 is 20.3 Å². The molecule has 0 unspecified atom stereocenters. The molecule has 2 N–H and O–H groups in total. The highest BCUT2D eigenvalue weighted by molar-refractivity contribution is 5.74. The Labute approximate surface area is 173 Å². The van der Waals surface area contributed by atoms with Gasteiger partial charge in [-0.3, -0.25) is 4.90 Å². The summed E-state index contributed by atoms with van der Waals surface area (Å²) >= 11 is 0. The molecule has 3 rings (SSSR count). The van der Waals surface area contributed by atoms with Crippen LogP contribution in [0.1, 0.15) is 43.7 Å². The number of benzene rings is 1. The standard InChI is InChI=1S/C22H34N4O3/c1-3-29-22(28)26-13-9-20(10-14-26)24-21(27)23-19-7-11-25(12-8-19)16-18-6-4-5-17(2)15-18/h4-6,15,19-20H,3,7-14,16H2,1-2H3,(H2,23,24,27). The van der Waals surface area contributed by atoms with E-state index in [-0.39, 0.29) is 24.2 Å². The van der Waals surface area contributed by atoms with Crippen LogP contribution >= 0.6 is 0 Å². The van der Waals surface area contributed by atoms with Crippen molar-refractivity contribution in [2.45, 2.75) is 58.2 Å². The quantitative estimate of drug-likeness (QED) is 0.794. The summed E-state index contributed by atoms with van der Waals surface area (Å²) in [7, 11) is 0. The number of carbonyl (C=O) groups excluding carboxylic acids is 2. The van der Waals surface area contributed by atoms with Gasteiger partial charge in [0.1, 0.15) is 0 Å². The van der Waals surface area contributed by atoms with E-state index in [4.69, 9.17) is 4.74 Å². The lowest BCUT2D eigenvalue weighted by molar-refractivity contribution is 0.0956. The fraction of sp³-hybridized carbons (Fsp3) is 0.636. The van der Waals surface area contributed by atoms with Crippen LogP contribution in [0, 0.1) is 6.92 Å². The molecule has 1 aromatic carbocycles. The molecule has 0 bridgehead atoms. The van der Waals surface area contributed by atoms with Gasteiger partial charge in [0.15, 0.2) is 0 Å². The molecule has 0 spiro atoms. The van der Waals surface area contributed by atoms with E-state index < -0.39 is 0 Å². The van der Waals surface area contributed by atoms with Crippen molar-refractivity contribution in [3.8, 4) is 0 Å². The number of nitrogens with zero attached hydrogens (tertiary/aromatic N) is 2. The first kappa shape index (κ1) is 21.4. The lowest BCUT2D eigenvalue weighted by Gasteiger charge is -2.34. The summed E-state index contributed by atoms with van der Waals surface area (Å²) in [4.78, 5) is 28.3. The summed E-state index contributed by atoms with van der Waals surface area (Å²) < 4.78 is 5.03. The number of hydrogen-bond acceptors (Lipinski definition) is 4. The van der Waals surface area contributed by atoms with E-state index in [1.807, 2.05) is 6.92 Å². The van der Waals surface area contributed by atoms with E-state index in [9.17, 15) is 9.59 Å². The SMILES string of the molecule is CCOC(=O)N1CCC(NC(=O)NC2CCN(Cc3cccc(C)c3)CC2)CC1. The van der Waals surface area contributed by atoms with Gasteiger partial charge >= 0.3 is 12.1 Å². The number of piperidine rings is 2. The minimum atomic E-state index is -0.257. The number of likely N-dealkylation sites (tertiary alicyclic amines) is 2. The van der Waals surface area contributed by atoms with Crippen LogP contribution in [0.5, 0.6) is 0 Å². The van der Waals surface area contributed by atoms with E-state index in [0.717, 1.165) is 45.3 Å². The highest BCUT2D eigenvalue weighted by atomic mass is 16.6. The van der Waals surface area contributed by atoms with Gasteiger partial charge in [0.05, 0.1) is 6.61 Å². The molecular weight excluding hydrogens is 368 g/mol. The molecule has 7 heteroatoms. The van der Waals surface area contributed by atoms with E-state index >= 15 is 0 Å². The van der Waals surface area contributed by atoms with Crippen molar-refractivity contribution in [2.75, 3.05) is 32.8 Å². The summed E-state index contributed by atoms with van der Waals surface area (Å²) in [5.41, 5.74) is 2.65. The van der Waals surface area contributed by atoms with E-state index in [1.165, 1.54) is 11.1 Å². The lowest BCUT2D eigenvalue weighted by Crippen LogP contribution is -2.52. The molecule has 2 fully saturated rings. The van der Waals surface area contributed by atoms with Crippen LogP contribution < -0.4 is 10.6 Å². The van der Waals surface area contributed by atoms with Gasteiger partial charge in [0.25, 0.3) is 0 Å². The Morgan fingerprint density at radius 3 is 2.24 bits per heavy atom. The normalized spacial score (nSPS) is 19.0. The molecule has 0 aliphatic carbocycles. The van der Waals surface area contributed by atoms with Crippen molar-refractivity contribution in [1.29, 1.82) is 0 Å². The van der Waals surface area contributed by atoms with Crippen LogP contribution in [0.2, 0.25) is 0 Å². The molecular formula is C22H34N4O3. The molecule has 3 amide bonds. The third-order valence-electron chi connectivity index (χ3n) is 5.77. The summed E-state index contributed by atoms with van der Waals surface area (Å²) in [5, 5.41) is 6.20. The highest BCUT2D eigenvalue weighted by Crippen LogP contribution is 2.15. The van der Waals surface area contributed by atoms with E-state index in [1.54, 1.807) is 4.90 Å². The number of ether oxygens (including phenoxy) is 1. The lowest BCUT2D eigenvalue weighted by atomic mass is 10.0. The van der Waals surface area contributed by atoms with Gasteiger partial charge in [0, 0.05) is 44.8 Å². The summed E-state index contributed by atoms with van der Waals surface area (Å²) in [6.07, 6.45) is 3.22. The van der Waals surface area contributed by atoms with Gasteiger partial charge in [-0.15, -0.1) is 0 Å². The van der Waals surface area contributed by atoms with Crippen molar-refractivity contribution < 1.29 is 14.3 Å². The number of aryl methyl sites for hydroxylation is 1. The van der Waals surface area contributed by atoms with Gasteiger partial charge in [-0.05, 0) is 45.1 Å². The Morgan fingerprint density at radius 2 is 1.66 bits per heavy atom. The first-order chi connectivity index (χ1) is 14.0. The van der Waals surface area contributed by atoms with Crippen LogP contribution in [0.25, 0.3) is 0 Å². The third kappa shape index (κ3) is 6.63. The first-order valence-corrected chi connectivity index (χ1v) is 10.8. The second-order valence-electron chi connectivity index (χ2n) is 8.12. The van der Waals surface area contributed by atoms with Gasteiger partial charge in [-0.25, -0.2) is 9.59 Å². The van der Waals surface area contributed by atoms with E-state index in [0.29, 0.717) is 19.7 Å². The van der Waals surface area contributed by atoms with E-state index in [2.05, 4.69) is 46.7 Å². The van der Waals surface area contributed by atoms with Crippen molar-refractivity contribution in [1.82, 2.24) is 20.4 Å². The molecule has 2 aliphatic rings. The molecule has 2 heterocycles. The smallest absolute Gasteiger partial charge is 0.409 e. The van der Waals surface area contributed by atoms with Crippen LogP contribution in [0.4, 0.5) is 9.59 Å². The monoisotopic (exact) mass is 402 g/mol. The van der Waals surface area contributed by atoms with Crippen LogP contribution in [0.15, 0.2) is 24.3 Å². The number of carbonyl (C=O) groups is 2. The second-order valence-corrected chi connectivity index (χ2v) is 8.12. The maximum atomic E-state index is 12.4. The maximum absolute atomic E-state index is 12.4. The summed E-state index contributed by atoms with van der Waals surface area (Å²) in [6, 6.07) is 8.91. The Balaban J connectivity index is 1.33. The number of rotatable bonds is 5. The molecule has 1 aromatic rings. The molecule has 7 nitrogen and oxygen atoms in total. The molecule has 0 atom stereocenters. The Kier molecular flexibility index (Phi) is 7.75. The summed E-state index contributed by atoms with van der Waals surface area (Å²) in [5.74, 6) is 0. The van der Waals surface area contributed by atoms with Gasteiger partial charge in [-0.2, -0.15) is 0 Å². The zero-order chi connectivity index (χ0) is 20.6. The second kappa shape index (κ2) is 10.5. The van der Waals surface area contributed by atoms with Crippen molar-refractivity contribution in [2.24, 2.45) is 0 Å². The molecule has 0 saturated carbocycles. The predicted molar refractivity (Wildman–Crippen MR) is 113 cm³/mol. The molecule has 29 heavy (non-hydrogen) atoms. The Bertz CT molecular complexity index is 680. The molecule has 0 aromatic heterocycles. The number of urea groups is 1. The number of amides is 3. The summed E-state index contributed by atoms with van der Waals surface area (Å²) in [6.45, 7) is 8.54. The number of hydrogen-bond donors (Lipinski definition) is 2. The van der Waals surface area contributed by atoms with Gasteiger partial charge in [-0.1, -0.05) is 29.8 Å². The predicted octanol–water partition coefficient (Wildman–Crippen LogP) is 2.88. The Hall–Kier alpha value is -2.28. The van der Waals surface area contributed by atoms with Gasteiger partial charge in [0.2, 0.25) is 0 Å². The average Bonchev–Trinajstić information content (AvgIpc) is 2.70. The zero-order valence-corrected chi connectivity index (χ0v) is 17.7. The topological polar surface area (TPSA) is 73.9 Å². The molecule has 160 valence electrons. The zero-order valence-electron chi connectivity index (χ0n) is 17.7. The highest BCUT2D eigenvalue weighted by Gasteiger charge is 2.26. The third-order valence-corrected chi connectivity index (χ3v) is 5.77.